The fourth-order valence-corrected chi connectivity index (χ4v) is 2.95. The van der Waals surface area contributed by atoms with Crippen LogP contribution in [0.5, 0.6) is 0 Å². The van der Waals surface area contributed by atoms with E-state index in [9.17, 15) is 14.4 Å². The minimum Gasteiger partial charge on any atom is -0.480 e. The van der Waals surface area contributed by atoms with Crippen LogP contribution < -0.4 is 5.32 Å². The quantitative estimate of drug-likeness (QED) is 0.468. The third-order valence-corrected chi connectivity index (χ3v) is 4.61. The molecule has 0 radical (unpaired) electrons. The van der Waals surface area contributed by atoms with Crippen LogP contribution in [0.3, 0.4) is 0 Å². The van der Waals surface area contributed by atoms with Gasteiger partial charge in [0.05, 0.1) is 12.5 Å². The lowest BCUT2D eigenvalue weighted by atomic mass is 9.99. The van der Waals surface area contributed by atoms with E-state index < -0.39 is 5.97 Å². The van der Waals surface area contributed by atoms with Crippen molar-refractivity contribution in [2.24, 2.45) is 5.92 Å². The van der Waals surface area contributed by atoms with Gasteiger partial charge in [0.2, 0.25) is 6.41 Å². The number of aryl methyl sites for hydroxylation is 1. The minimum absolute atomic E-state index is 0.219. The summed E-state index contributed by atoms with van der Waals surface area (Å²) >= 11 is 0. The monoisotopic (exact) mass is 392 g/mol. The molecule has 1 amide bonds. The predicted molar refractivity (Wildman–Crippen MR) is 107 cm³/mol. The molecule has 1 aromatic carbocycles. The summed E-state index contributed by atoms with van der Waals surface area (Å²) < 4.78 is 5.10. The summed E-state index contributed by atoms with van der Waals surface area (Å²) in [7, 11) is 0. The largest absolute Gasteiger partial charge is 0.480 e. The molecule has 1 saturated heterocycles. The number of rotatable bonds is 10. The Morgan fingerprint density at radius 1 is 1.32 bits per heavy atom. The molecule has 1 aliphatic heterocycles. The molecular formula is C21H32N2O5. The van der Waals surface area contributed by atoms with Gasteiger partial charge in [0.15, 0.2) is 0 Å². The Balaban J connectivity index is 0.000000406. The van der Waals surface area contributed by atoms with Crippen molar-refractivity contribution < 1.29 is 24.2 Å². The van der Waals surface area contributed by atoms with E-state index in [1.165, 1.54) is 5.56 Å². The van der Waals surface area contributed by atoms with Crippen LogP contribution in [-0.2, 0) is 25.5 Å². The average Bonchev–Trinajstić information content (AvgIpc) is 3.25. The van der Waals surface area contributed by atoms with E-state index in [0.29, 0.717) is 26.1 Å². The maximum Gasteiger partial charge on any atom is 0.320 e. The number of carbonyl (C=O) groups excluding carboxylic acids is 2. The third-order valence-electron chi connectivity index (χ3n) is 4.61. The zero-order valence-electron chi connectivity index (χ0n) is 16.8. The van der Waals surface area contributed by atoms with Crippen LogP contribution in [0.15, 0.2) is 30.3 Å². The van der Waals surface area contributed by atoms with Gasteiger partial charge in [-0.3, -0.25) is 14.4 Å². The molecule has 1 fully saturated rings. The van der Waals surface area contributed by atoms with Crippen LogP contribution in [0.1, 0.15) is 38.7 Å². The Morgan fingerprint density at radius 2 is 2.04 bits per heavy atom. The number of carbonyl (C=O) groups is 3. The first kappa shape index (κ1) is 23.6. The number of carboxylic acids is 1. The SMILES string of the molecule is CCOC(=O)C(CCc1ccccc1)CN(C=O)CC.O=C(O)[C@@H]1CCCN1. The van der Waals surface area contributed by atoms with E-state index in [1.807, 2.05) is 37.3 Å². The Bertz CT molecular complexity index is 588. The lowest BCUT2D eigenvalue weighted by Gasteiger charge is -2.22. The fraction of sp³-hybridized carbons (Fsp3) is 0.571. The fourth-order valence-electron chi connectivity index (χ4n) is 2.95. The van der Waals surface area contributed by atoms with Gasteiger partial charge in [-0.15, -0.1) is 0 Å². The Hall–Kier alpha value is -2.41. The summed E-state index contributed by atoms with van der Waals surface area (Å²) in [6, 6.07) is 9.75. The molecule has 7 heteroatoms. The molecule has 0 saturated carbocycles. The molecule has 7 nitrogen and oxygen atoms in total. The second-order valence-corrected chi connectivity index (χ2v) is 6.65. The van der Waals surface area contributed by atoms with Crippen molar-refractivity contribution >= 4 is 18.3 Å². The number of ether oxygens (including phenoxy) is 1. The van der Waals surface area contributed by atoms with Crippen LogP contribution in [0.4, 0.5) is 0 Å². The number of aliphatic carboxylic acids is 1. The van der Waals surface area contributed by atoms with E-state index in [1.54, 1.807) is 11.8 Å². The maximum atomic E-state index is 12.0. The van der Waals surface area contributed by atoms with E-state index >= 15 is 0 Å². The third kappa shape index (κ3) is 8.99. The summed E-state index contributed by atoms with van der Waals surface area (Å²) in [5.41, 5.74) is 1.19. The number of nitrogens with one attached hydrogen (secondary N) is 1. The van der Waals surface area contributed by atoms with Crippen molar-refractivity contribution in [3.63, 3.8) is 0 Å². The number of nitrogens with zero attached hydrogens (tertiary/aromatic N) is 1. The normalized spacial score (nSPS) is 16.4. The van der Waals surface area contributed by atoms with Gasteiger partial charge in [-0.05, 0) is 51.6 Å². The molecule has 2 atom stereocenters. The van der Waals surface area contributed by atoms with Crippen molar-refractivity contribution in [2.75, 3.05) is 26.2 Å². The van der Waals surface area contributed by atoms with Crippen LogP contribution in [0.25, 0.3) is 0 Å². The van der Waals surface area contributed by atoms with E-state index in [4.69, 9.17) is 9.84 Å². The topological polar surface area (TPSA) is 95.9 Å². The van der Waals surface area contributed by atoms with E-state index in [2.05, 4.69) is 5.32 Å². The molecule has 1 unspecified atom stereocenters. The van der Waals surface area contributed by atoms with Gasteiger partial charge < -0.3 is 20.1 Å². The molecule has 1 aromatic rings. The van der Waals surface area contributed by atoms with Crippen LogP contribution in [0, 0.1) is 5.92 Å². The first-order valence-electron chi connectivity index (χ1n) is 9.87. The Labute approximate surface area is 167 Å². The summed E-state index contributed by atoms with van der Waals surface area (Å²) in [5.74, 6) is -1.20. The highest BCUT2D eigenvalue weighted by Gasteiger charge is 2.22. The predicted octanol–water partition coefficient (Wildman–Crippen LogP) is 2.10. The molecule has 1 heterocycles. The number of benzene rings is 1. The van der Waals surface area contributed by atoms with Crippen molar-refractivity contribution in [1.29, 1.82) is 0 Å². The number of amides is 1. The molecular weight excluding hydrogens is 360 g/mol. The first-order chi connectivity index (χ1) is 13.5. The molecule has 0 bridgehead atoms. The number of carboxylic acid groups (broad SMARTS) is 1. The van der Waals surface area contributed by atoms with Gasteiger partial charge in [-0.2, -0.15) is 0 Å². The Kier molecular flexibility index (Phi) is 11.6. The summed E-state index contributed by atoms with van der Waals surface area (Å²) in [4.78, 5) is 34.6. The van der Waals surface area contributed by atoms with Crippen molar-refractivity contribution in [3.8, 4) is 0 Å². The van der Waals surface area contributed by atoms with Gasteiger partial charge in [0, 0.05) is 13.1 Å². The summed E-state index contributed by atoms with van der Waals surface area (Å²) in [6.45, 7) is 5.94. The first-order valence-corrected chi connectivity index (χ1v) is 9.87. The summed E-state index contributed by atoms with van der Waals surface area (Å²) in [6.07, 6.45) is 4.06. The molecule has 0 spiro atoms. The molecule has 0 aromatic heterocycles. The highest BCUT2D eigenvalue weighted by atomic mass is 16.5. The second-order valence-electron chi connectivity index (χ2n) is 6.65. The lowest BCUT2D eigenvalue weighted by Crippen LogP contribution is -2.33. The molecule has 156 valence electrons. The minimum atomic E-state index is -0.720. The molecule has 0 aliphatic carbocycles. The number of hydrogen-bond donors (Lipinski definition) is 2. The average molecular weight is 392 g/mol. The van der Waals surface area contributed by atoms with Gasteiger partial charge >= 0.3 is 11.9 Å². The van der Waals surface area contributed by atoms with E-state index in [-0.39, 0.29) is 17.9 Å². The highest BCUT2D eigenvalue weighted by molar-refractivity contribution is 5.73. The van der Waals surface area contributed by atoms with Crippen LogP contribution >= 0.6 is 0 Å². The smallest absolute Gasteiger partial charge is 0.320 e. The van der Waals surface area contributed by atoms with Crippen LogP contribution in [0.2, 0.25) is 0 Å². The van der Waals surface area contributed by atoms with Crippen molar-refractivity contribution in [1.82, 2.24) is 10.2 Å². The van der Waals surface area contributed by atoms with Gasteiger partial charge in [-0.25, -0.2) is 0 Å². The van der Waals surface area contributed by atoms with Crippen molar-refractivity contribution in [2.45, 2.75) is 45.6 Å². The summed E-state index contributed by atoms with van der Waals surface area (Å²) in [5, 5.41) is 11.2. The molecule has 2 rings (SSSR count). The molecule has 28 heavy (non-hydrogen) atoms. The van der Waals surface area contributed by atoms with Gasteiger partial charge in [-0.1, -0.05) is 30.3 Å². The zero-order chi connectivity index (χ0) is 20.8. The standard InChI is InChI=1S/C16H23NO3.C5H9NO2/c1-3-17(13-18)12-15(16(19)20-4-2)11-10-14-8-6-5-7-9-14;7-5(8)4-2-1-3-6-4/h5-9,13,15H,3-4,10-12H2,1-2H3;4,6H,1-3H2,(H,7,8)/t;4-/m.0/s1. The van der Waals surface area contributed by atoms with Crippen LogP contribution in [-0.4, -0.2) is 60.6 Å². The van der Waals surface area contributed by atoms with Gasteiger partial charge in [0.1, 0.15) is 6.04 Å². The zero-order valence-corrected chi connectivity index (χ0v) is 16.8. The molecule has 2 N–H and O–H groups in total. The second kappa shape index (κ2) is 13.7. The number of hydrogen-bond acceptors (Lipinski definition) is 5. The Morgan fingerprint density at radius 3 is 2.50 bits per heavy atom. The maximum absolute atomic E-state index is 12.0. The lowest BCUT2D eigenvalue weighted by molar-refractivity contribution is -0.149. The molecule has 1 aliphatic rings. The number of esters is 1. The van der Waals surface area contributed by atoms with E-state index in [0.717, 1.165) is 32.2 Å². The highest BCUT2D eigenvalue weighted by Crippen LogP contribution is 2.13. The van der Waals surface area contributed by atoms with Crippen molar-refractivity contribution in [3.05, 3.63) is 35.9 Å². The van der Waals surface area contributed by atoms with Gasteiger partial charge in [0.25, 0.3) is 0 Å².